The molecule has 2 heterocycles. The molecule has 0 amide bonds. The molecule has 1 saturated heterocycles. The van der Waals surface area contributed by atoms with Crippen LogP contribution >= 0.6 is 11.3 Å². The highest BCUT2D eigenvalue weighted by Gasteiger charge is 2.22. The van der Waals surface area contributed by atoms with E-state index in [1.54, 1.807) is 0 Å². The van der Waals surface area contributed by atoms with Crippen LogP contribution in [0.25, 0.3) is 0 Å². The summed E-state index contributed by atoms with van der Waals surface area (Å²) in [7, 11) is 0. The third-order valence-corrected chi connectivity index (χ3v) is 3.67. The molecule has 6 heteroatoms. The molecular weight excluding hydrogens is 252 g/mol. The molecule has 1 aliphatic rings. The van der Waals surface area contributed by atoms with Gasteiger partial charge >= 0.3 is 5.97 Å². The van der Waals surface area contributed by atoms with Crippen LogP contribution in [0.3, 0.4) is 0 Å². The molecule has 0 bridgehead atoms. The predicted molar refractivity (Wildman–Crippen MR) is 68.7 cm³/mol. The number of ether oxygens (including phenoxy) is 1. The van der Waals surface area contributed by atoms with Crippen LogP contribution in [0.15, 0.2) is 5.38 Å². The van der Waals surface area contributed by atoms with Crippen molar-refractivity contribution >= 4 is 17.3 Å². The van der Waals surface area contributed by atoms with E-state index < -0.39 is 5.97 Å². The highest BCUT2D eigenvalue weighted by atomic mass is 32.1. The Hall–Kier alpha value is -0.980. The number of carboxylic acids is 1. The summed E-state index contributed by atoms with van der Waals surface area (Å²) < 4.78 is 5.68. The van der Waals surface area contributed by atoms with E-state index in [2.05, 4.69) is 23.7 Å². The van der Waals surface area contributed by atoms with Crippen molar-refractivity contribution in [3.8, 4) is 0 Å². The molecule has 0 aromatic carbocycles. The van der Waals surface area contributed by atoms with Gasteiger partial charge in [0, 0.05) is 18.5 Å². The second-order valence-electron chi connectivity index (χ2n) is 4.75. The summed E-state index contributed by atoms with van der Waals surface area (Å²) in [5.74, 6) is -0.833. The van der Waals surface area contributed by atoms with Gasteiger partial charge in [-0.25, -0.2) is 4.98 Å². The average molecular weight is 270 g/mol. The van der Waals surface area contributed by atoms with E-state index in [0.29, 0.717) is 5.69 Å². The molecule has 0 radical (unpaired) electrons. The number of carboxylic acid groups (broad SMARTS) is 1. The molecule has 18 heavy (non-hydrogen) atoms. The minimum absolute atomic E-state index is 0.00637. The fourth-order valence-electron chi connectivity index (χ4n) is 2.26. The van der Waals surface area contributed by atoms with Gasteiger partial charge in [0.15, 0.2) is 0 Å². The SMILES string of the molecule is CC1CN(Cc2nc(CC(=O)O)cs2)CC(C)O1. The van der Waals surface area contributed by atoms with Gasteiger partial charge in [-0.1, -0.05) is 0 Å². The van der Waals surface area contributed by atoms with Crippen molar-refractivity contribution in [1.29, 1.82) is 0 Å². The second kappa shape index (κ2) is 5.77. The number of rotatable bonds is 4. The standard InChI is InChI=1S/C12H18N2O3S/c1-8-4-14(5-9(2)17-8)6-11-13-10(7-18-11)3-12(15)16/h7-9H,3-6H2,1-2H3,(H,15,16). The summed E-state index contributed by atoms with van der Waals surface area (Å²) in [4.78, 5) is 17.2. The average Bonchev–Trinajstić information content (AvgIpc) is 2.62. The van der Waals surface area contributed by atoms with Gasteiger partial charge in [0.1, 0.15) is 5.01 Å². The van der Waals surface area contributed by atoms with E-state index in [1.165, 1.54) is 11.3 Å². The van der Waals surface area contributed by atoms with Crippen LogP contribution in [0.1, 0.15) is 24.5 Å². The molecule has 1 aromatic rings. The lowest BCUT2D eigenvalue weighted by molar-refractivity contribution is -0.136. The Morgan fingerprint density at radius 3 is 2.83 bits per heavy atom. The predicted octanol–water partition coefficient (Wildman–Crippen LogP) is 1.38. The molecule has 1 fully saturated rings. The Kier molecular flexibility index (Phi) is 4.31. The largest absolute Gasteiger partial charge is 0.481 e. The first kappa shape index (κ1) is 13.5. The van der Waals surface area contributed by atoms with Gasteiger partial charge < -0.3 is 9.84 Å². The Morgan fingerprint density at radius 2 is 2.22 bits per heavy atom. The normalized spacial score (nSPS) is 25.2. The fraction of sp³-hybridized carbons (Fsp3) is 0.667. The molecule has 5 nitrogen and oxygen atoms in total. The van der Waals surface area contributed by atoms with Crippen LogP contribution in [-0.4, -0.2) is 46.3 Å². The third kappa shape index (κ3) is 3.76. The minimum atomic E-state index is -0.833. The van der Waals surface area contributed by atoms with Gasteiger partial charge in [-0.15, -0.1) is 11.3 Å². The van der Waals surface area contributed by atoms with Crippen molar-refractivity contribution < 1.29 is 14.6 Å². The summed E-state index contributed by atoms with van der Waals surface area (Å²) in [6.45, 7) is 6.72. The van der Waals surface area contributed by atoms with Gasteiger partial charge in [0.05, 0.1) is 30.9 Å². The quantitative estimate of drug-likeness (QED) is 0.895. The van der Waals surface area contributed by atoms with Gasteiger partial charge in [0.25, 0.3) is 0 Å². The lowest BCUT2D eigenvalue weighted by atomic mass is 10.2. The molecule has 2 rings (SSSR count). The van der Waals surface area contributed by atoms with Crippen molar-refractivity contribution in [1.82, 2.24) is 9.88 Å². The first-order valence-electron chi connectivity index (χ1n) is 6.06. The lowest BCUT2D eigenvalue weighted by Crippen LogP contribution is -2.44. The van der Waals surface area contributed by atoms with Crippen molar-refractivity contribution in [3.63, 3.8) is 0 Å². The second-order valence-corrected chi connectivity index (χ2v) is 5.70. The molecular formula is C12H18N2O3S. The maximum atomic E-state index is 10.6. The molecule has 2 unspecified atom stereocenters. The maximum Gasteiger partial charge on any atom is 0.309 e. The molecule has 1 N–H and O–H groups in total. The molecule has 2 atom stereocenters. The number of aromatic nitrogens is 1. The highest BCUT2D eigenvalue weighted by Crippen LogP contribution is 2.17. The first-order valence-corrected chi connectivity index (χ1v) is 6.94. The zero-order chi connectivity index (χ0) is 13.1. The van der Waals surface area contributed by atoms with Crippen LogP contribution in [0.5, 0.6) is 0 Å². The van der Waals surface area contributed by atoms with Crippen molar-refractivity contribution in [2.45, 2.75) is 39.0 Å². The van der Waals surface area contributed by atoms with Crippen molar-refractivity contribution in [2.24, 2.45) is 0 Å². The zero-order valence-corrected chi connectivity index (χ0v) is 11.4. The number of hydrogen-bond acceptors (Lipinski definition) is 5. The summed E-state index contributed by atoms with van der Waals surface area (Å²) in [5.41, 5.74) is 0.650. The van der Waals surface area contributed by atoms with Gasteiger partial charge in [-0.3, -0.25) is 9.69 Å². The smallest absolute Gasteiger partial charge is 0.309 e. The van der Waals surface area contributed by atoms with Crippen LogP contribution in [0.4, 0.5) is 0 Å². The lowest BCUT2D eigenvalue weighted by Gasteiger charge is -2.34. The number of aliphatic carboxylic acids is 1. The number of hydrogen-bond donors (Lipinski definition) is 1. The summed E-state index contributed by atoms with van der Waals surface area (Å²) in [5, 5.41) is 11.5. The number of morpholine rings is 1. The van der Waals surface area contributed by atoms with Crippen LogP contribution in [0, 0.1) is 0 Å². The summed E-state index contributed by atoms with van der Waals surface area (Å²) in [6.07, 6.45) is 0.492. The van der Waals surface area contributed by atoms with Crippen LogP contribution < -0.4 is 0 Å². The van der Waals surface area contributed by atoms with E-state index in [1.807, 2.05) is 5.38 Å². The minimum Gasteiger partial charge on any atom is -0.481 e. The van der Waals surface area contributed by atoms with E-state index in [0.717, 1.165) is 24.6 Å². The fourth-order valence-corrected chi connectivity index (χ4v) is 3.10. The summed E-state index contributed by atoms with van der Waals surface area (Å²) >= 11 is 1.53. The number of nitrogens with zero attached hydrogens (tertiary/aromatic N) is 2. The van der Waals surface area contributed by atoms with Crippen molar-refractivity contribution in [3.05, 3.63) is 16.1 Å². The molecule has 1 aromatic heterocycles. The van der Waals surface area contributed by atoms with Crippen molar-refractivity contribution in [2.75, 3.05) is 13.1 Å². The van der Waals surface area contributed by atoms with E-state index in [4.69, 9.17) is 9.84 Å². The first-order chi connectivity index (χ1) is 8.52. The molecule has 1 aliphatic heterocycles. The van der Waals surface area contributed by atoms with E-state index >= 15 is 0 Å². The van der Waals surface area contributed by atoms with Crippen LogP contribution in [0.2, 0.25) is 0 Å². The Balaban J connectivity index is 1.92. The monoisotopic (exact) mass is 270 g/mol. The molecule has 100 valence electrons. The number of carbonyl (C=O) groups is 1. The van der Waals surface area contributed by atoms with Gasteiger partial charge in [0.2, 0.25) is 0 Å². The van der Waals surface area contributed by atoms with Gasteiger partial charge in [-0.05, 0) is 13.8 Å². The summed E-state index contributed by atoms with van der Waals surface area (Å²) in [6, 6.07) is 0. The maximum absolute atomic E-state index is 10.6. The Labute approximate surface area is 110 Å². The third-order valence-electron chi connectivity index (χ3n) is 2.79. The highest BCUT2D eigenvalue weighted by molar-refractivity contribution is 7.09. The van der Waals surface area contributed by atoms with Crippen LogP contribution in [-0.2, 0) is 22.5 Å². The van der Waals surface area contributed by atoms with Gasteiger partial charge in [-0.2, -0.15) is 0 Å². The number of thiazole rings is 1. The zero-order valence-electron chi connectivity index (χ0n) is 10.6. The Morgan fingerprint density at radius 1 is 1.56 bits per heavy atom. The molecule has 0 spiro atoms. The molecule has 0 saturated carbocycles. The Bertz CT molecular complexity index is 411. The van der Waals surface area contributed by atoms with E-state index in [9.17, 15) is 4.79 Å². The topological polar surface area (TPSA) is 62.7 Å². The molecule has 0 aliphatic carbocycles. The van der Waals surface area contributed by atoms with E-state index in [-0.39, 0.29) is 18.6 Å².